The molecule has 100 valence electrons. The van der Waals surface area contributed by atoms with Crippen molar-refractivity contribution in [1.82, 2.24) is 4.98 Å². The topological polar surface area (TPSA) is 48.1 Å². The van der Waals surface area contributed by atoms with Gasteiger partial charge in [0.15, 0.2) is 0 Å². The molecule has 0 unspecified atom stereocenters. The number of hydrogen-bond donors (Lipinski definition) is 1. The molecule has 1 aliphatic carbocycles. The Morgan fingerprint density at radius 3 is 3.05 bits per heavy atom. The number of aromatic nitrogens is 1. The minimum Gasteiger partial charge on any atom is -0.497 e. The highest BCUT2D eigenvalue weighted by molar-refractivity contribution is 7.12. The van der Waals surface area contributed by atoms with Crippen LogP contribution >= 0.6 is 11.3 Å². The zero-order valence-corrected chi connectivity index (χ0v) is 11.9. The molecule has 0 radical (unpaired) electrons. The van der Waals surface area contributed by atoms with Crippen LogP contribution in [0.2, 0.25) is 0 Å². The number of ether oxygens (including phenoxy) is 1. The number of fused-ring (bicyclic) bond motifs is 3. The Bertz CT molecular complexity index is 592. The summed E-state index contributed by atoms with van der Waals surface area (Å²) in [6.45, 7) is 0.734. The van der Waals surface area contributed by atoms with Gasteiger partial charge in [-0.1, -0.05) is 0 Å². The van der Waals surface area contributed by atoms with Crippen molar-refractivity contribution in [2.75, 3.05) is 13.7 Å². The normalized spacial score (nSPS) is 12.9. The van der Waals surface area contributed by atoms with E-state index in [0.717, 1.165) is 38.0 Å². The Labute approximate surface area is 117 Å². The van der Waals surface area contributed by atoms with Gasteiger partial charge in [0, 0.05) is 16.9 Å². The van der Waals surface area contributed by atoms with Crippen LogP contribution in [0.25, 0.3) is 11.3 Å². The SMILES string of the molecule is COc1ccc2c(c1)CCc1sc(CCCN)nc1-2. The van der Waals surface area contributed by atoms with Gasteiger partial charge in [0.1, 0.15) is 5.75 Å². The molecule has 0 atom stereocenters. The molecule has 1 aliphatic rings. The minimum atomic E-state index is 0.734. The van der Waals surface area contributed by atoms with Crippen molar-refractivity contribution in [2.45, 2.75) is 25.7 Å². The molecule has 0 saturated carbocycles. The van der Waals surface area contributed by atoms with Gasteiger partial charge in [-0.05, 0) is 49.6 Å². The lowest BCUT2D eigenvalue weighted by molar-refractivity contribution is 0.414. The van der Waals surface area contributed by atoms with Crippen molar-refractivity contribution < 1.29 is 4.74 Å². The highest BCUT2D eigenvalue weighted by atomic mass is 32.1. The van der Waals surface area contributed by atoms with Crippen LogP contribution in [0.5, 0.6) is 5.75 Å². The molecule has 0 saturated heterocycles. The highest BCUT2D eigenvalue weighted by Crippen LogP contribution is 2.37. The van der Waals surface area contributed by atoms with Crippen molar-refractivity contribution in [3.05, 3.63) is 33.6 Å². The van der Waals surface area contributed by atoms with Gasteiger partial charge in [-0.25, -0.2) is 4.98 Å². The van der Waals surface area contributed by atoms with Crippen molar-refractivity contribution in [2.24, 2.45) is 5.73 Å². The van der Waals surface area contributed by atoms with Crippen LogP contribution in [0.4, 0.5) is 0 Å². The maximum atomic E-state index is 5.57. The molecule has 1 aromatic heterocycles. The average molecular weight is 274 g/mol. The van der Waals surface area contributed by atoms with Crippen LogP contribution in [0.1, 0.15) is 21.9 Å². The minimum absolute atomic E-state index is 0.734. The van der Waals surface area contributed by atoms with E-state index in [9.17, 15) is 0 Å². The van der Waals surface area contributed by atoms with E-state index in [1.807, 2.05) is 17.4 Å². The van der Waals surface area contributed by atoms with Crippen molar-refractivity contribution in [1.29, 1.82) is 0 Å². The molecular formula is C15H18N2OS. The smallest absolute Gasteiger partial charge is 0.119 e. The summed E-state index contributed by atoms with van der Waals surface area (Å²) in [6.07, 6.45) is 4.19. The van der Waals surface area contributed by atoms with Gasteiger partial charge in [0.05, 0.1) is 17.8 Å². The molecule has 2 aromatic rings. The third-order valence-corrected chi connectivity index (χ3v) is 4.70. The standard InChI is InChI=1S/C15H18N2OS/c1-18-11-5-6-12-10(9-11)4-7-13-15(12)17-14(19-13)3-2-8-16/h5-6,9H,2-4,7-8,16H2,1H3. The molecule has 3 nitrogen and oxygen atoms in total. The number of rotatable bonds is 4. The van der Waals surface area contributed by atoms with E-state index in [1.54, 1.807) is 7.11 Å². The van der Waals surface area contributed by atoms with Crippen molar-refractivity contribution in [3.63, 3.8) is 0 Å². The lowest BCUT2D eigenvalue weighted by atomic mass is 9.93. The fraction of sp³-hybridized carbons (Fsp3) is 0.400. The molecule has 19 heavy (non-hydrogen) atoms. The number of thiazole rings is 1. The van der Waals surface area contributed by atoms with E-state index in [1.165, 1.54) is 26.7 Å². The van der Waals surface area contributed by atoms with Crippen LogP contribution in [-0.4, -0.2) is 18.6 Å². The summed E-state index contributed by atoms with van der Waals surface area (Å²) >= 11 is 1.85. The number of hydrogen-bond acceptors (Lipinski definition) is 4. The first-order valence-electron chi connectivity index (χ1n) is 6.67. The summed E-state index contributed by atoms with van der Waals surface area (Å²) in [5, 5.41) is 1.22. The fourth-order valence-electron chi connectivity index (χ4n) is 2.52. The Hall–Kier alpha value is -1.39. The highest BCUT2D eigenvalue weighted by Gasteiger charge is 2.20. The maximum absolute atomic E-state index is 5.57. The van der Waals surface area contributed by atoms with E-state index < -0.39 is 0 Å². The molecule has 1 aromatic carbocycles. The van der Waals surface area contributed by atoms with Crippen LogP contribution in [-0.2, 0) is 19.3 Å². The second-order valence-corrected chi connectivity index (χ2v) is 5.96. The van der Waals surface area contributed by atoms with Gasteiger partial charge in [-0.3, -0.25) is 0 Å². The number of benzene rings is 1. The van der Waals surface area contributed by atoms with Gasteiger partial charge in [-0.2, -0.15) is 0 Å². The van der Waals surface area contributed by atoms with Gasteiger partial charge in [0.25, 0.3) is 0 Å². The summed E-state index contributed by atoms with van der Waals surface area (Å²) in [5.74, 6) is 0.931. The molecule has 0 aliphatic heterocycles. The largest absolute Gasteiger partial charge is 0.497 e. The third kappa shape index (κ3) is 2.38. The Morgan fingerprint density at radius 1 is 1.37 bits per heavy atom. The predicted octanol–water partition coefficient (Wildman–Crippen LogP) is 2.81. The monoisotopic (exact) mass is 274 g/mol. The number of nitrogens with zero attached hydrogens (tertiary/aromatic N) is 1. The Morgan fingerprint density at radius 2 is 2.26 bits per heavy atom. The Kier molecular flexibility index (Phi) is 3.53. The van der Waals surface area contributed by atoms with E-state index in [4.69, 9.17) is 15.5 Å². The first-order valence-corrected chi connectivity index (χ1v) is 7.49. The lowest BCUT2D eigenvalue weighted by Crippen LogP contribution is -2.02. The molecule has 0 spiro atoms. The van der Waals surface area contributed by atoms with Gasteiger partial charge in [-0.15, -0.1) is 11.3 Å². The van der Waals surface area contributed by atoms with Crippen LogP contribution in [0.3, 0.4) is 0 Å². The second kappa shape index (κ2) is 5.31. The fourth-order valence-corrected chi connectivity index (χ4v) is 3.65. The first kappa shape index (κ1) is 12.6. The summed E-state index contributed by atoms with van der Waals surface area (Å²) in [4.78, 5) is 6.23. The molecule has 0 amide bonds. The maximum Gasteiger partial charge on any atom is 0.119 e. The average Bonchev–Trinajstić information content (AvgIpc) is 2.87. The molecule has 0 bridgehead atoms. The zero-order chi connectivity index (χ0) is 13.2. The van der Waals surface area contributed by atoms with Crippen LogP contribution < -0.4 is 10.5 Å². The van der Waals surface area contributed by atoms with Gasteiger partial charge in [0.2, 0.25) is 0 Å². The molecule has 4 heteroatoms. The summed E-state index contributed by atoms with van der Waals surface area (Å²) in [6, 6.07) is 6.29. The molecule has 2 N–H and O–H groups in total. The summed E-state index contributed by atoms with van der Waals surface area (Å²) < 4.78 is 5.29. The summed E-state index contributed by atoms with van der Waals surface area (Å²) in [5.41, 5.74) is 9.38. The molecule has 3 rings (SSSR count). The molecular weight excluding hydrogens is 256 g/mol. The molecule has 0 fully saturated rings. The van der Waals surface area contributed by atoms with Crippen LogP contribution in [0.15, 0.2) is 18.2 Å². The van der Waals surface area contributed by atoms with E-state index in [0.29, 0.717) is 0 Å². The van der Waals surface area contributed by atoms with Crippen molar-refractivity contribution in [3.8, 4) is 17.0 Å². The van der Waals surface area contributed by atoms with Crippen molar-refractivity contribution >= 4 is 11.3 Å². The van der Waals surface area contributed by atoms with Gasteiger partial charge >= 0.3 is 0 Å². The molecule has 1 heterocycles. The first-order chi connectivity index (χ1) is 9.31. The number of nitrogens with two attached hydrogens (primary N) is 1. The van der Waals surface area contributed by atoms with Crippen LogP contribution in [0, 0.1) is 0 Å². The second-order valence-electron chi connectivity index (χ2n) is 4.79. The number of methoxy groups -OCH3 is 1. The number of aryl methyl sites for hydroxylation is 3. The Balaban J connectivity index is 1.96. The lowest BCUT2D eigenvalue weighted by Gasteiger charge is -2.15. The summed E-state index contributed by atoms with van der Waals surface area (Å²) in [7, 11) is 1.71. The van der Waals surface area contributed by atoms with E-state index in [-0.39, 0.29) is 0 Å². The van der Waals surface area contributed by atoms with Gasteiger partial charge < -0.3 is 10.5 Å². The third-order valence-electron chi connectivity index (χ3n) is 3.53. The zero-order valence-electron chi connectivity index (χ0n) is 11.1. The quantitative estimate of drug-likeness (QED) is 0.932. The van der Waals surface area contributed by atoms with E-state index in [2.05, 4.69) is 12.1 Å². The predicted molar refractivity (Wildman–Crippen MR) is 78.9 cm³/mol. The van der Waals surface area contributed by atoms with E-state index >= 15 is 0 Å².